The average Bonchev–Trinajstić information content (AvgIpc) is 3.41. The minimum absolute atomic E-state index is 0.147. The van der Waals surface area contributed by atoms with Crippen LogP contribution in [0.3, 0.4) is 0 Å². The average molecular weight is 396 g/mol. The highest BCUT2D eigenvalue weighted by molar-refractivity contribution is 5.92. The zero-order valence-corrected chi connectivity index (χ0v) is 17.0. The first-order valence-corrected chi connectivity index (χ1v) is 10.6. The smallest absolute Gasteiger partial charge is 0.273 e. The number of carbonyl (C=O) groups excluding carboxylic acids is 2. The second-order valence-electron chi connectivity index (χ2n) is 8.24. The Morgan fingerprint density at radius 1 is 1.17 bits per heavy atom. The van der Waals surface area contributed by atoms with Crippen LogP contribution in [0.5, 0.6) is 0 Å². The predicted octanol–water partition coefficient (Wildman–Crippen LogP) is 2.49. The highest BCUT2D eigenvalue weighted by Crippen LogP contribution is 2.22. The van der Waals surface area contributed by atoms with Gasteiger partial charge in [0.1, 0.15) is 0 Å². The van der Waals surface area contributed by atoms with Crippen LogP contribution in [0, 0.1) is 6.92 Å². The maximum atomic E-state index is 13.0. The van der Waals surface area contributed by atoms with Crippen molar-refractivity contribution in [2.75, 3.05) is 6.54 Å². The molecule has 0 unspecified atom stereocenters. The monoisotopic (exact) mass is 395 g/mol. The second-order valence-corrected chi connectivity index (χ2v) is 8.24. The van der Waals surface area contributed by atoms with Crippen LogP contribution in [0.1, 0.15) is 60.1 Å². The predicted molar refractivity (Wildman–Crippen MR) is 109 cm³/mol. The summed E-state index contributed by atoms with van der Waals surface area (Å²) in [4.78, 5) is 27.1. The third kappa shape index (κ3) is 5.02. The van der Waals surface area contributed by atoms with Gasteiger partial charge in [0.05, 0.1) is 12.6 Å². The lowest BCUT2D eigenvalue weighted by Crippen LogP contribution is -2.45. The van der Waals surface area contributed by atoms with E-state index < -0.39 is 0 Å². The van der Waals surface area contributed by atoms with Gasteiger partial charge in [-0.05, 0) is 56.6 Å². The van der Waals surface area contributed by atoms with Crippen LogP contribution in [0.4, 0.5) is 0 Å². The molecule has 7 nitrogen and oxygen atoms in total. The van der Waals surface area contributed by atoms with Crippen molar-refractivity contribution in [3.05, 3.63) is 47.3 Å². The Hall–Kier alpha value is -2.70. The third-order valence-electron chi connectivity index (χ3n) is 5.93. The molecule has 2 fully saturated rings. The lowest BCUT2D eigenvalue weighted by atomic mass is 9.97. The van der Waals surface area contributed by atoms with Gasteiger partial charge >= 0.3 is 0 Å². The van der Waals surface area contributed by atoms with E-state index in [1.54, 1.807) is 10.9 Å². The molecule has 154 valence electrons. The number of rotatable bonds is 7. The largest absolute Gasteiger partial charge is 0.348 e. The van der Waals surface area contributed by atoms with Crippen LogP contribution >= 0.6 is 0 Å². The maximum absolute atomic E-state index is 13.0. The van der Waals surface area contributed by atoms with Gasteiger partial charge in [0.15, 0.2) is 5.69 Å². The molecule has 4 rings (SSSR count). The van der Waals surface area contributed by atoms with Gasteiger partial charge in [0.2, 0.25) is 5.91 Å². The van der Waals surface area contributed by atoms with Gasteiger partial charge in [0, 0.05) is 25.2 Å². The molecule has 1 aromatic heterocycles. The van der Waals surface area contributed by atoms with E-state index in [9.17, 15) is 9.59 Å². The Balaban J connectivity index is 1.34. The second kappa shape index (κ2) is 8.76. The summed E-state index contributed by atoms with van der Waals surface area (Å²) in [5, 5.41) is 11.0. The van der Waals surface area contributed by atoms with Gasteiger partial charge in [-0.15, -0.1) is 5.10 Å². The van der Waals surface area contributed by atoms with Crippen LogP contribution in [0.25, 0.3) is 0 Å². The first kappa shape index (κ1) is 19.6. The van der Waals surface area contributed by atoms with Crippen LogP contribution in [0.15, 0.2) is 30.5 Å². The van der Waals surface area contributed by atoms with E-state index in [0.29, 0.717) is 24.7 Å². The van der Waals surface area contributed by atoms with Gasteiger partial charge in [-0.2, -0.15) is 0 Å². The van der Waals surface area contributed by atoms with Crippen molar-refractivity contribution in [2.45, 2.75) is 70.5 Å². The fourth-order valence-corrected chi connectivity index (χ4v) is 3.98. The first-order chi connectivity index (χ1) is 14.1. The van der Waals surface area contributed by atoms with Gasteiger partial charge in [-0.3, -0.25) is 14.3 Å². The van der Waals surface area contributed by atoms with Gasteiger partial charge in [-0.1, -0.05) is 29.5 Å². The van der Waals surface area contributed by atoms with Crippen molar-refractivity contribution in [3.63, 3.8) is 0 Å². The summed E-state index contributed by atoms with van der Waals surface area (Å²) in [7, 11) is 0. The number of hydrogen-bond donors (Lipinski definition) is 1. The fourth-order valence-electron chi connectivity index (χ4n) is 3.98. The summed E-state index contributed by atoms with van der Waals surface area (Å²) in [6.07, 6.45) is 8.31. The summed E-state index contributed by atoms with van der Waals surface area (Å²) in [6.45, 7) is 3.53. The van der Waals surface area contributed by atoms with Crippen molar-refractivity contribution in [3.8, 4) is 0 Å². The molecular weight excluding hydrogens is 366 g/mol. The highest BCUT2D eigenvalue weighted by atomic mass is 16.2. The Bertz CT molecular complexity index is 874. The zero-order valence-electron chi connectivity index (χ0n) is 17.0. The number of amides is 2. The van der Waals surface area contributed by atoms with Crippen LogP contribution in [0.2, 0.25) is 0 Å². The van der Waals surface area contributed by atoms with E-state index in [1.165, 1.54) is 0 Å². The molecule has 1 saturated carbocycles. The lowest BCUT2D eigenvalue weighted by Gasteiger charge is -2.36. The molecular formula is C22H29N5O2. The van der Waals surface area contributed by atoms with Crippen LogP contribution in [-0.2, 0) is 17.8 Å². The van der Waals surface area contributed by atoms with E-state index in [1.807, 2.05) is 23.1 Å². The van der Waals surface area contributed by atoms with Crippen LogP contribution in [-0.4, -0.2) is 50.3 Å². The van der Waals surface area contributed by atoms with Crippen molar-refractivity contribution in [1.29, 1.82) is 0 Å². The van der Waals surface area contributed by atoms with E-state index in [-0.39, 0.29) is 17.9 Å². The SMILES string of the molecule is Cc1ccccc1CC(=O)N1CCCC[C@H]1CCn1cc(C(=O)NC2CC2)nn1. The number of nitrogens with one attached hydrogen (secondary N) is 1. The molecule has 2 heterocycles. The zero-order chi connectivity index (χ0) is 20.2. The minimum Gasteiger partial charge on any atom is -0.348 e. The normalized spacial score (nSPS) is 19.2. The summed E-state index contributed by atoms with van der Waals surface area (Å²) in [5.41, 5.74) is 2.63. The van der Waals surface area contributed by atoms with Gasteiger partial charge in [0.25, 0.3) is 5.91 Å². The van der Waals surface area contributed by atoms with E-state index >= 15 is 0 Å². The molecule has 2 amide bonds. The molecule has 1 atom stereocenters. The Morgan fingerprint density at radius 3 is 2.79 bits per heavy atom. The number of aromatic nitrogens is 3. The van der Waals surface area contributed by atoms with E-state index in [2.05, 4.69) is 28.6 Å². The van der Waals surface area contributed by atoms with Gasteiger partial charge < -0.3 is 10.2 Å². The number of carbonyl (C=O) groups is 2. The van der Waals surface area contributed by atoms with Gasteiger partial charge in [-0.25, -0.2) is 0 Å². The molecule has 1 aliphatic heterocycles. The third-order valence-corrected chi connectivity index (χ3v) is 5.93. The molecule has 0 bridgehead atoms. The quantitative estimate of drug-likeness (QED) is 0.781. The molecule has 2 aromatic rings. The Labute approximate surface area is 171 Å². The Morgan fingerprint density at radius 2 is 2.00 bits per heavy atom. The summed E-state index contributed by atoms with van der Waals surface area (Å²) in [5.74, 6) is 0.0542. The number of likely N-dealkylation sites (tertiary alicyclic amines) is 1. The summed E-state index contributed by atoms with van der Waals surface area (Å²) < 4.78 is 1.72. The van der Waals surface area contributed by atoms with Crippen molar-refractivity contribution in [1.82, 2.24) is 25.2 Å². The molecule has 0 radical (unpaired) electrons. The number of benzene rings is 1. The lowest BCUT2D eigenvalue weighted by molar-refractivity contribution is -0.134. The van der Waals surface area contributed by atoms with Crippen molar-refractivity contribution in [2.24, 2.45) is 0 Å². The molecule has 29 heavy (non-hydrogen) atoms. The first-order valence-electron chi connectivity index (χ1n) is 10.6. The molecule has 2 aliphatic rings. The molecule has 0 spiro atoms. The number of aryl methyl sites for hydroxylation is 2. The standard InChI is InChI=1S/C22H29N5O2/c1-16-6-2-3-7-17(16)14-21(28)27-12-5-4-8-19(27)11-13-26-15-20(24-25-26)22(29)23-18-9-10-18/h2-3,6-7,15,18-19H,4-5,8-14H2,1H3,(H,23,29)/t19-/m0/s1. The van der Waals surface area contributed by atoms with Crippen LogP contribution < -0.4 is 5.32 Å². The molecule has 7 heteroatoms. The molecule has 1 saturated heterocycles. The summed E-state index contributed by atoms with van der Waals surface area (Å²) >= 11 is 0. The summed E-state index contributed by atoms with van der Waals surface area (Å²) in [6, 6.07) is 8.61. The number of nitrogens with zero attached hydrogens (tertiary/aromatic N) is 4. The van der Waals surface area contributed by atoms with Crippen molar-refractivity contribution < 1.29 is 9.59 Å². The molecule has 1 aliphatic carbocycles. The fraction of sp³-hybridized carbons (Fsp3) is 0.545. The molecule has 1 N–H and O–H groups in total. The molecule has 1 aromatic carbocycles. The van der Waals surface area contributed by atoms with E-state index in [4.69, 9.17) is 0 Å². The van der Waals surface area contributed by atoms with E-state index in [0.717, 1.165) is 56.2 Å². The Kier molecular flexibility index (Phi) is 5.92. The topological polar surface area (TPSA) is 80.1 Å². The maximum Gasteiger partial charge on any atom is 0.273 e. The number of piperidine rings is 1. The number of hydrogen-bond acceptors (Lipinski definition) is 4. The highest BCUT2D eigenvalue weighted by Gasteiger charge is 2.27. The minimum atomic E-state index is -0.147. The van der Waals surface area contributed by atoms with Crippen molar-refractivity contribution >= 4 is 11.8 Å².